The molecular formula is C15H23NO. The third-order valence-corrected chi connectivity index (χ3v) is 2.61. The van der Waals surface area contributed by atoms with Gasteiger partial charge in [-0.25, -0.2) is 0 Å². The highest BCUT2D eigenvalue weighted by molar-refractivity contribution is 5.27. The maximum Gasteiger partial charge on any atom is 0.119 e. The van der Waals surface area contributed by atoms with Crippen molar-refractivity contribution in [3.63, 3.8) is 0 Å². The van der Waals surface area contributed by atoms with E-state index in [0.29, 0.717) is 6.61 Å². The molecule has 1 aromatic rings. The molecule has 0 aromatic heterocycles. The Morgan fingerprint density at radius 3 is 2.59 bits per heavy atom. The van der Waals surface area contributed by atoms with Gasteiger partial charge in [0.15, 0.2) is 0 Å². The van der Waals surface area contributed by atoms with Crippen molar-refractivity contribution in [1.29, 1.82) is 0 Å². The first-order valence-electron chi connectivity index (χ1n) is 6.29. The topological polar surface area (TPSA) is 21.3 Å². The van der Waals surface area contributed by atoms with Crippen LogP contribution in [0.15, 0.2) is 36.4 Å². The van der Waals surface area contributed by atoms with Gasteiger partial charge in [0.05, 0.1) is 0 Å². The zero-order chi connectivity index (χ0) is 12.5. The van der Waals surface area contributed by atoms with Gasteiger partial charge in [-0.1, -0.05) is 32.1 Å². The van der Waals surface area contributed by atoms with E-state index in [-0.39, 0.29) is 0 Å². The number of hydrogen-bond donors (Lipinski definition) is 1. The summed E-state index contributed by atoms with van der Waals surface area (Å²) in [6.07, 6.45) is 3.64. The van der Waals surface area contributed by atoms with E-state index < -0.39 is 0 Å². The summed E-state index contributed by atoms with van der Waals surface area (Å²) < 4.78 is 5.64. The summed E-state index contributed by atoms with van der Waals surface area (Å²) in [5.41, 5.74) is 2.44. The van der Waals surface area contributed by atoms with Crippen LogP contribution >= 0.6 is 0 Å². The Hall–Kier alpha value is -1.28. The van der Waals surface area contributed by atoms with E-state index in [1.54, 1.807) is 0 Å². The van der Waals surface area contributed by atoms with Gasteiger partial charge < -0.3 is 10.1 Å². The zero-order valence-electron chi connectivity index (χ0n) is 11.0. The first-order chi connectivity index (χ1) is 8.26. The van der Waals surface area contributed by atoms with Crippen molar-refractivity contribution in [3.8, 4) is 5.75 Å². The lowest BCUT2D eigenvalue weighted by Crippen LogP contribution is -2.14. The molecule has 0 bridgehead atoms. The van der Waals surface area contributed by atoms with Crippen molar-refractivity contribution < 1.29 is 4.74 Å². The Morgan fingerprint density at radius 1 is 1.29 bits per heavy atom. The maximum atomic E-state index is 5.64. The number of rotatable bonds is 8. The van der Waals surface area contributed by atoms with E-state index in [0.717, 1.165) is 24.3 Å². The lowest BCUT2D eigenvalue weighted by molar-refractivity contribution is 0.349. The summed E-state index contributed by atoms with van der Waals surface area (Å²) >= 11 is 0. The highest BCUT2D eigenvalue weighted by Gasteiger charge is 1.97. The minimum atomic E-state index is 0.579. The van der Waals surface area contributed by atoms with E-state index in [1.807, 2.05) is 19.2 Å². The lowest BCUT2D eigenvalue weighted by atomic mass is 10.1. The first-order valence-corrected chi connectivity index (χ1v) is 6.29. The van der Waals surface area contributed by atoms with Gasteiger partial charge in [0.1, 0.15) is 12.4 Å². The minimum Gasteiger partial charge on any atom is -0.489 e. The predicted molar refractivity (Wildman–Crippen MR) is 73.6 cm³/mol. The molecule has 0 atom stereocenters. The Balaban J connectivity index is 2.37. The van der Waals surface area contributed by atoms with Crippen molar-refractivity contribution in [2.45, 2.75) is 26.2 Å². The Morgan fingerprint density at radius 2 is 2.00 bits per heavy atom. The molecule has 0 aliphatic rings. The fraction of sp³-hybridized carbons (Fsp3) is 0.467. The second kappa shape index (κ2) is 7.91. The number of aryl methyl sites for hydroxylation is 1. The predicted octanol–water partition coefficient (Wildman–Crippen LogP) is 3.18. The molecule has 0 saturated carbocycles. The number of benzene rings is 1. The molecule has 1 N–H and O–H groups in total. The van der Waals surface area contributed by atoms with E-state index >= 15 is 0 Å². The van der Waals surface area contributed by atoms with Crippen molar-refractivity contribution in [2.75, 3.05) is 20.2 Å². The van der Waals surface area contributed by atoms with Crippen LogP contribution in [-0.2, 0) is 6.42 Å². The molecule has 17 heavy (non-hydrogen) atoms. The molecule has 0 aliphatic heterocycles. The molecule has 0 amide bonds. The van der Waals surface area contributed by atoms with Crippen molar-refractivity contribution in [2.24, 2.45) is 0 Å². The third kappa shape index (κ3) is 5.55. The fourth-order valence-electron chi connectivity index (χ4n) is 1.62. The van der Waals surface area contributed by atoms with Crippen LogP contribution in [0.1, 0.15) is 25.3 Å². The van der Waals surface area contributed by atoms with Crippen LogP contribution in [0.25, 0.3) is 0 Å². The third-order valence-electron chi connectivity index (χ3n) is 2.61. The number of likely N-dealkylation sites (N-methyl/N-ethyl adjacent to an activating group) is 1. The molecule has 0 fully saturated rings. The zero-order valence-corrected chi connectivity index (χ0v) is 11.0. The Bertz CT molecular complexity index is 329. The molecule has 0 radical (unpaired) electrons. The van der Waals surface area contributed by atoms with Crippen LogP contribution in [0.2, 0.25) is 0 Å². The van der Waals surface area contributed by atoms with Crippen molar-refractivity contribution in [3.05, 3.63) is 42.0 Å². The highest BCUT2D eigenvalue weighted by Crippen LogP contribution is 2.14. The molecule has 0 heterocycles. The number of hydrogen-bond acceptors (Lipinski definition) is 2. The van der Waals surface area contributed by atoms with Crippen molar-refractivity contribution in [1.82, 2.24) is 5.32 Å². The van der Waals surface area contributed by atoms with Gasteiger partial charge in [-0.3, -0.25) is 0 Å². The number of unbranched alkanes of at least 4 members (excludes halogenated alkanes) is 1. The van der Waals surface area contributed by atoms with Crippen LogP contribution in [0.5, 0.6) is 5.75 Å². The van der Waals surface area contributed by atoms with E-state index in [4.69, 9.17) is 4.74 Å². The summed E-state index contributed by atoms with van der Waals surface area (Å²) in [6, 6.07) is 8.37. The second-order valence-corrected chi connectivity index (χ2v) is 4.32. The van der Waals surface area contributed by atoms with Crippen LogP contribution in [0.4, 0.5) is 0 Å². The van der Waals surface area contributed by atoms with Crippen LogP contribution < -0.4 is 10.1 Å². The summed E-state index contributed by atoms with van der Waals surface area (Å²) in [6.45, 7) is 7.52. The average molecular weight is 233 g/mol. The SMILES string of the molecule is C=C(CNC)COc1ccc(CCCC)cc1. The molecular weight excluding hydrogens is 210 g/mol. The molecule has 0 spiro atoms. The fourth-order valence-corrected chi connectivity index (χ4v) is 1.62. The maximum absolute atomic E-state index is 5.64. The normalized spacial score (nSPS) is 10.2. The van der Waals surface area contributed by atoms with Gasteiger partial charge in [0.25, 0.3) is 0 Å². The number of ether oxygens (including phenoxy) is 1. The minimum absolute atomic E-state index is 0.579. The highest BCUT2D eigenvalue weighted by atomic mass is 16.5. The van der Waals surface area contributed by atoms with E-state index in [9.17, 15) is 0 Å². The molecule has 1 aromatic carbocycles. The van der Waals surface area contributed by atoms with Gasteiger partial charge in [0, 0.05) is 6.54 Å². The van der Waals surface area contributed by atoms with Crippen LogP contribution in [0, 0.1) is 0 Å². The van der Waals surface area contributed by atoms with Gasteiger partial charge >= 0.3 is 0 Å². The molecule has 0 saturated heterocycles. The van der Waals surface area contributed by atoms with Crippen LogP contribution in [-0.4, -0.2) is 20.2 Å². The quantitative estimate of drug-likeness (QED) is 0.696. The van der Waals surface area contributed by atoms with Crippen LogP contribution in [0.3, 0.4) is 0 Å². The second-order valence-electron chi connectivity index (χ2n) is 4.32. The lowest BCUT2D eigenvalue weighted by Gasteiger charge is -2.09. The van der Waals surface area contributed by atoms with Gasteiger partial charge in [-0.05, 0) is 43.2 Å². The largest absolute Gasteiger partial charge is 0.489 e. The molecule has 1 rings (SSSR count). The Labute approximate surface area is 105 Å². The molecule has 94 valence electrons. The van der Waals surface area contributed by atoms with Crippen molar-refractivity contribution >= 4 is 0 Å². The van der Waals surface area contributed by atoms with E-state index in [2.05, 4.69) is 31.0 Å². The standard InChI is InChI=1S/C15H23NO/c1-4-5-6-14-7-9-15(10-8-14)17-12-13(2)11-16-3/h7-10,16H,2,4-6,11-12H2,1,3H3. The monoisotopic (exact) mass is 233 g/mol. The summed E-state index contributed by atoms with van der Waals surface area (Å²) in [4.78, 5) is 0. The molecule has 0 unspecified atom stereocenters. The molecule has 2 nitrogen and oxygen atoms in total. The summed E-state index contributed by atoms with van der Waals surface area (Å²) in [7, 11) is 1.91. The molecule has 0 aliphatic carbocycles. The molecule has 2 heteroatoms. The van der Waals surface area contributed by atoms with Gasteiger partial charge in [-0.15, -0.1) is 0 Å². The first kappa shape index (κ1) is 13.8. The van der Waals surface area contributed by atoms with E-state index in [1.165, 1.54) is 18.4 Å². The smallest absolute Gasteiger partial charge is 0.119 e. The summed E-state index contributed by atoms with van der Waals surface area (Å²) in [5, 5.41) is 3.06. The average Bonchev–Trinajstić information content (AvgIpc) is 2.35. The van der Waals surface area contributed by atoms with Gasteiger partial charge in [-0.2, -0.15) is 0 Å². The number of nitrogens with one attached hydrogen (secondary N) is 1. The van der Waals surface area contributed by atoms with Gasteiger partial charge in [0.2, 0.25) is 0 Å². The summed E-state index contributed by atoms with van der Waals surface area (Å²) in [5.74, 6) is 0.919. The Kier molecular flexibility index (Phi) is 6.41.